The molecule has 2 N–H and O–H groups in total. The van der Waals surface area contributed by atoms with Gasteiger partial charge in [-0.2, -0.15) is 0 Å². The van der Waals surface area contributed by atoms with Crippen LogP contribution in [0, 0.1) is 12.7 Å². The number of hydrogen-bond acceptors (Lipinski definition) is 8. The van der Waals surface area contributed by atoms with Crippen molar-refractivity contribution in [3.05, 3.63) is 78.3 Å². The van der Waals surface area contributed by atoms with E-state index in [1.807, 2.05) is 32.2 Å². The van der Waals surface area contributed by atoms with E-state index in [2.05, 4.69) is 57.7 Å². The Morgan fingerprint density at radius 3 is 2.71 bits per heavy atom. The van der Waals surface area contributed by atoms with Gasteiger partial charge in [0.05, 0.1) is 30.0 Å². The van der Waals surface area contributed by atoms with Crippen LogP contribution in [0.4, 0.5) is 20.2 Å². The highest BCUT2D eigenvalue weighted by atomic mass is 32.2. The van der Waals surface area contributed by atoms with Gasteiger partial charge >= 0.3 is 0 Å². The summed E-state index contributed by atoms with van der Waals surface area (Å²) in [6.07, 6.45) is 8.00. The van der Waals surface area contributed by atoms with Crippen LogP contribution < -0.4 is 10.0 Å². The molecule has 0 amide bonds. The van der Waals surface area contributed by atoms with Crippen molar-refractivity contribution in [3.8, 4) is 11.3 Å². The van der Waals surface area contributed by atoms with E-state index in [4.69, 9.17) is 0 Å². The van der Waals surface area contributed by atoms with Crippen LogP contribution in [0.3, 0.4) is 0 Å². The van der Waals surface area contributed by atoms with E-state index in [1.54, 1.807) is 28.7 Å². The summed E-state index contributed by atoms with van der Waals surface area (Å²) in [4.78, 5) is 12.9. The Kier molecular flexibility index (Phi) is 14.0. The fraction of sp³-hybridized carbons (Fsp3) is 0.321. The zero-order chi connectivity index (χ0) is 27.9. The number of aryl methyl sites for hydroxylation is 1. The predicted molar refractivity (Wildman–Crippen MR) is 164 cm³/mol. The van der Waals surface area contributed by atoms with E-state index in [0.29, 0.717) is 47.3 Å². The minimum Gasteiger partial charge on any atom is -0.327 e. The van der Waals surface area contributed by atoms with Gasteiger partial charge in [0.25, 0.3) is 0 Å². The number of rotatable bonds is 11. The van der Waals surface area contributed by atoms with Crippen LogP contribution in [-0.4, -0.2) is 61.0 Å². The highest BCUT2D eigenvalue weighted by molar-refractivity contribution is 8.00. The van der Waals surface area contributed by atoms with Gasteiger partial charge < -0.3 is 10.0 Å². The van der Waals surface area contributed by atoms with Gasteiger partial charge in [0, 0.05) is 24.4 Å². The summed E-state index contributed by atoms with van der Waals surface area (Å²) in [5.74, 6) is 0.284. The van der Waals surface area contributed by atoms with Crippen molar-refractivity contribution >= 4 is 49.1 Å². The van der Waals surface area contributed by atoms with E-state index in [0.717, 1.165) is 30.5 Å². The van der Waals surface area contributed by atoms with E-state index >= 15 is 0 Å². The lowest BCUT2D eigenvalue weighted by molar-refractivity contribution is 0.214. The number of nitrogens with zero attached hydrogens (tertiary/aromatic N) is 4. The van der Waals surface area contributed by atoms with Gasteiger partial charge in [-0.25, -0.2) is 13.8 Å². The molecule has 1 aromatic carbocycles. The second kappa shape index (κ2) is 16.9. The summed E-state index contributed by atoms with van der Waals surface area (Å²) in [5, 5.41) is 2.94. The standard InChI is InChI=1S/C23H26FN5S.C5H10FNS/c1-6-8-17(7-2)14-30-29-20-10-9-18(12-19(20)24)21-11-16(3)23(26-5)22(28-21)13-27-15-25-4;6-5-2-1-3-7(8)4-5/h6-13,25,29H,1-2,5,14-15H2,3-4H3;5,8H,1-4H2/b17-8+,27-13-;. The number of thiol groups is 1. The molecule has 38 heavy (non-hydrogen) atoms. The summed E-state index contributed by atoms with van der Waals surface area (Å²) < 4.78 is 31.8. The van der Waals surface area contributed by atoms with Crippen molar-refractivity contribution in [2.75, 3.05) is 37.3 Å². The van der Waals surface area contributed by atoms with Crippen molar-refractivity contribution < 1.29 is 8.78 Å². The number of alkyl halides is 1. The van der Waals surface area contributed by atoms with Crippen LogP contribution in [0.25, 0.3) is 11.3 Å². The van der Waals surface area contributed by atoms with E-state index < -0.39 is 6.17 Å². The molecule has 2 heterocycles. The minimum absolute atomic E-state index is 0.358. The van der Waals surface area contributed by atoms with Gasteiger partial charge in [0.1, 0.15) is 17.7 Å². The topological polar surface area (TPSA) is 64.9 Å². The molecule has 1 aliphatic heterocycles. The monoisotopic (exact) mass is 558 g/mol. The molecular weight excluding hydrogens is 522 g/mol. The maximum Gasteiger partial charge on any atom is 0.147 e. The number of benzene rings is 1. The number of piperidine rings is 1. The van der Waals surface area contributed by atoms with Crippen LogP contribution in [-0.2, 0) is 0 Å². The number of aliphatic imine (C=N–C) groups is 2. The first-order chi connectivity index (χ1) is 18.3. The summed E-state index contributed by atoms with van der Waals surface area (Å²) >= 11 is 5.39. The third-order valence-electron chi connectivity index (χ3n) is 5.45. The quantitative estimate of drug-likeness (QED) is 0.123. The number of halogens is 2. The predicted octanol–water partition coefficient (Wildman–Crippen LogP) is 6.75. The van der Waals surface area contributed by atoms with Gasteiger partial charge in [-0.15, -0.1) is 0 Å². The zero-order valence-electron chi connectivity index (χ0n) is 22.0. The molecule has 3 rings (SSSR count). The van der Waals surface area contributed by atoms with Crippen molar-refractivity contribution in [1.82, 2.24) is 14.6 Å². The SMILES string of the molecule is C=C/C=C(\C=C)CSNc1ccc(-c2cc(C)c(N=C)c(/C=N\CNC)n2)cc1F.FC1CCCN(S)C1. The fourth-order valence-electron chi connectivity index (χ4n) is 3.54. The van der Waals surface area contributed by atoms with Gasteiger partial charge in [-0.05, 0) is 74.8 Å². The highest BCUT2D eigenvalue weighted by Gasteiger charge is 2.15. The van der Waals surface area contributed by atoms with Crippen LogP contribution in [0.2, 0.25) is 0 Å². The largest absolute Gasteiger partial charge is 0.327 e. The Morgan fingerprint density at radius 2 is 2.13 bits per heavy atom. The molecule has 1 unspecified atom stereocenters. The first kappa shape index (κ1) is 31.4. The smallest absolute Gasteiger partial charge is 0.147 e. The molecule has 1 aliphatic rings. The third kappa shape index (κ3) is 10.2. The van der Waals surface area contributed by atoms with Crippen LogP contribution in [0.15, 0.2) is 71.2 Å². The van der Waals surface area contributed by atoms with E-state index in [-0.39, 0.29) is 5.82 Å². The lowest BCUT2D eigenvalue weighted by atomic mass is 10.1. The van der Waals surface area contributed by atoms with Gasteiger partial charge in [-0.1, -0.05) is 50.3 Å². The number of aromatic nitrogens is 1. The average molecular weight is 559 g/mol. The number of allylic oxidation sites excluding steroid dienone is 3. The van der Waals surface area contributed by atoms with Gasteiger partial charge in [0.2, 0.25) is 0 Å². The summed E-state index contributed by atoms with van der Waals surface area (Å²) in [7, 11) is 1.81. The van der Waals surface area contributed by atoms with E-state index in [1.165, 1.54) is 18.0 Å². The van der Waals surface area contributed by atoms with Crippen molar-refractivity contribution in [2.24, 2.45) is 9.98 Å². The number of nitrogens with one attached hydrogen (secondary N) is 2. The highest BCUT2D eigenvalue weighted by Crippen LogP contribution is 2.29. The molecule has 0 spiro atoms. The first-order valence-corrected chi connectivity index (χ1v) is 13.5. The molecule has 0 saturated carbocycles. The molecule has 1 atom stereocenters. The molecule has 1 saturated heterocycles. The Labute approximate surface area is 234 Å². The molecular formula is C28H36F2N6S2. The minimum atomic E-state index is -0.638. The maximum atomic E-state index is 14.7. The van der Waals surface area contributed by atoms with Crippen LogP contribution >= 0.6 is 24.8 Å². The zero-order valence-corrected chi connectivity index (χ0v) is 23.7. The third-order valence-corrected chi connectivity index (χ3v) is 6.66. The summed E-state index contributed by atoms with van der Waals surface area (Å²) in [6, 6.07) is 6.87. The summed E-state index contributed by atoms with van der Waals surface area (Å²) in [6.45, 7) is 14.9. The summed E-state index contributed by atoms with van der Waals surface area (Å²) in [5.41, 5.74) is 4.88. The fourth-order valence-corrected chi connectivity index (χ4v) is 4.64. The number of pyridine rings is 1. The first-order valence-electron chi connectivity index (χ1n) is 12.1. The van der Waals surface area contributed by atoms with Crippen LogP contribution in [0.1, 0.15) is 24.1 Å². The van der Waals surface area contributed by atoms with Crippen molar-refractivity contribution in [2.45, 2.75) is 25.9 Å². The molecule has 6 nitrogen and oxygen atoms in total. The molecule has 1 fully saturated rings. The Hall–Kier alpha value is -2.79. The number of anilines is 1. The number of hydrogen-bond donors (Lipinski definition) is 3. The second-order valence-corrected chi connectivity index (χ2v) is 9.81. The lowest BCUT2D eigenvalue weighted by Crippen LogP contribution is -2.29. The van der Waals surface area contributed by atoms with Crippen molar-refractivity contribution in [1.29, 1.82) is 0 Å². The van der Waals surface area contributed by atoms with Crippen molar-refractivity contribution in [3.63, 3.8) is 0 Å². The normalized spacial score (nSPS) is 16.0. The van der Waals surface area contributed by atoms with Gasteiger partial charge in [0.15, 0.2) is 0 Å². The molecule has 0 aliphatic carbocycles. The molecule has 1 aromatic heterocycles. The van der Waals surface area contributed by atoms with Gasteiger partial charge in [-0.3, -0.25) is 14.3 Å². The Morgan fingerprint density at radius 1 is 1.34 bits per heavy atom. The van der Waals surface area contributed by atoms with E-state index in [9.17, 15) is 8.78 Å². The molecule has 0 bridgehead atoms. The molecule has 10 heteroatoms. The molecule has 2 aromatic rings. The maximum absolute atomic E-state index is 14.7. The second-order valence-electron chi connectivity index (χ2n) is 8.46. The Balaban J connectivity index is 0.000000538. The average Bonchev–Trinajstić information content (AvgIpc) is 2.89. The Bertz CT molecular complexity index is 1140. The van der Waals surface area contributed by atoms with Crippen LogP contribution in [0.5, 0.6) is 0 Å². The molecule has 0 radical (unpaired) electrons. The molecule has 204 valence electrons. The lowest BCUT2D eigenvalue weighted by Gasteiger charge is -2.22.